The summed E-state index contributed by atoms with van der Waals surface area (Å²) in [7, 11) is -3.53. The predicted octanol–water partition coefficient (Wildman–Crippen LogP) is 1.98. The molecule has 1 aromatic rings. The average molecular weight is 312 g/mol. The summed E-state index contributed by atoms with van der Waals surface area (Å²) >= 11 is 0. The Kier molecular flexibility index (Phi) is 4.91. The molecule has 118 valence electrons. The van der Waals surface area contributed by atoms with Gasteiger partial charge in [-0.1, -0.05) is 6.92 Å². The molecule has 1 aliphatic rings. The quantitative estimate of drug-likeness (QED) is 0.815. The van der Waals surface area contributed by atoms with Crippen LogP contribution in [-0.2, 0) is 14.8 Å². The van der Waals surface area contributed by atoms with Crippen LogP contribution in [0.3, 0.4) is 0 Å². The van der Waals surface area contributed by atoms with Crippen LogP contribution in [-0.4, -0.2) is 27.7 Å². The smallest absolute Gasteiger partial charge is 0.240 e. The molecular weight excluding hydrogens is 288 g/mol. The van der Waals surface area contributed by atoms with Gasteiger partial charge in [0.15, 0.2) is 0 Å². The molecule has 5 nitrogen and oxygen atoms in total. The van der Waals surface area contributed by atoms with E-state index >= 15 is 0 Å². The van der Waals surface area contributed by atoms with Gasteiger partial charge in [-0.25, -0.2) is 13.1 Å². The minimum Gasteiger partial charge on any atom is -0.398 e. The molecule has 2 rings (SSSR count). The summed E-state index contributed by atoms with van der Waals surface area (Å²) in [6, 6.07) is 3.18. The third kappa shape index (κ3) is 3.56. The molecule has 2 unspecified atom stereocenters. The minimum atomic E-state index is -3.53. The number of benzene rings is 1. The molecule has 0 radical (unpaired) electrons. The molecule has 2 atom stereocenters. The van der Waals surface area contributed by atoms with Crippen LogP contribution >= 0.6 is 0 Å². The minimum absolute atomic E-state index is 0.150. The number of rotatable bonds is 5. The molecular formula is C15H24N2O3S. The van der Waals surface area contributed by atoms with Gasteiger partial charge in [-0.05, 0) is 49.9 Å². The van der Waals surface area contributed by atoms with Gasteiger partial charge in [0, 0.05) is 24.8 Å². The molecule has 3 N–H and O–H groups in total. The lowest BCUT2D eigenvalue weighted by molar-refractivity contribution is 0.0884. The monoisotopic (exact) mass is 312 g/mol. The van der Waals surface area contributed by atoms with Crippen molar-refractivity contribution in [3.63, 3.8) is 0 Å². The number of anilines is 1. The highest BCUT2D eigenvalue weighted by atomic mass is 32.2. The SMILES string of the molecule is CCC1OCCC1CNS(=O)(=O)c1cc(C)c(C)c(N)c1. The lowest BCUT2D eigenvalue weighted by atomic mass is 10.0. The number of hydrogen-bond donors (Lipinski definition) is 2. The van der Waals surface area contributed by atoms with Crippen molar-refractivity contribution in [2.75, 3.05) is 18.9 Å². The first-order valence-corrected chi connectivity index (χ1v) is 8.81. The Morgan fingerprint density at radius 2 is 2.10 bits per heavy atom. The number of aryl methyl sites for hydroxylation is 1. The standard InChI is InChI=1S/C15H24N2O3S/c1-4-15-12(5-6-20-15)9-17-21(18,19)13-7-10(2)11(3)14(16)8-13/h7-8,12,15,17H,4-6,9,16H2,1-3H3. The molecule has 1 saturated heterocycles. The Bertz CT molecular complexity index is 590. The van der Waals surface area contributed by atoms with Gasteiger partial charge < -0.3 is 10.5 Å². The van der Waals surface area contributed by atoms with E-state index in [2.05, 4.69) is 11.6 Å². The van der Waals surface area contributed by atoms with Crippen molar-refractivity contribution in [2.45, 2.75) is 44.6 Å². The van der Waals surface area contributed by atoms with Gasteiger partial charge in [0.2, 0.25) is 10.0 Å². The summed E-state index contributed by atoms with van der Waals surface area (Å²) in [6.45, 7) is 6.93. The van der Waals surface area contributed by atoms with Crippen molar-refractivity contribution < 1.29 is 13.2 Å². The van der Waals surface area contributed by atoms with E-state index < -0.39 is 10.0 Å². The number of ether oxygens (including phenoxy) is 1. The van der Waals surface area contributed by atoms with E-state index in [0.29, 0.717) is 18.8 Å². The Labute approximate surface area is 126 Å². The summed E-state index contributed by atoms with van der Waals surface area (Å²) < 4.78 is 33.1. The van der Waals surface area contributed by atoms with Gasteiger partial charge >= 0.3 is 0 Å². The number of nitrogens with two attached hydrogens (primary N) is 1. The number of nitrogen functional groups attached to an aromatic ring is 1. The van der Waals surface area contributed by atoms with Crippen LogP contribution in [0.2, 0.25) is 0 Å². The van der Waals surface area contributed by atoms with Crippen LogP contribution < -0.4 is 10.5 Å². The number of hydrogen-bond acceptors (Lipinski definition) is 4. The molecule has 0 spiro atoms. The fourth-order valence-corrected chi connectivity index (χ4v) is 3.90. The second-order valence-electron chi connectivity index (χ2n) is 5.67. The maximum Gasteiger partial charge on any atom is 0.240 e. The zero-order valence-corrected chi connectivity index (χ0v) is 13.7. The van der Waals surface area contributed by atoms with Crippen LogP contribution in [0, 0.1) is 19.8 Å². The second kappa shape index (κ2) is 6.34. The van der Waals surface area contributed by atoms with Crippen LogP contribution in [0.25, 0.3) is 0 Å². The van der Waals surface area contributed by atoms with Crippen molar-refractivity contribution in [3.8, 4) is 0 Å². The lowest BCUT2D eigenvalue weighted by Gasteiger charge is -2.17. The second-order valence-corrected chi connectivity index (χ2v) is 7.44. The van der Waals surface area contributed by atoms with E-state index in [4.69, 9.17) is 10.5 Å². The van der Waals surface area contributed by atoms with Crippen molar-refractivity contribution >= 4 is 15.7 Å². The van der Waals surface area contributed by atoms with E-state index in [0.717, 1.165) is 24.0 Å². The maximum absolute atomic E-state index is 12.4. The molecule has 0 aromatic heterocycles. The van der Waals surface area contributed by atoms with Gasteiger partial charge in [0.1, 0.15) is 0 Å². The molecule has 1 heterocycles. The number of sulfonamides is 1. The van der Waals surface area contributed by atoms with Crippen LogP contribution in [0.15, 0.2) is 17.0 Å². The van der Waals surface area contributed by atoms with Gasteiger partial charge in [0.05, 0.1) is 11.0 Å². The summed E-state index contributed by atoms with van der Waals surface area (Å²) in [5.74, 6) is 0.244. The highest BCUT2D eigenvalue weighted by molar-refractivity contribution is 7.89. The first-order valence-electron chi connectivity index (χ1n) is 7.33. The van der Waals surface area contributed by atoms with Crippen LogP contribution in [0.5, 0.6) is 0 Å². The molecule has 1 aromatic carbocycles. The maximum atomic E-state index is 12.4. The van der Waals surface area contributed by atoms with E-state index in [-0.39, 0.29) is 16.9 Å². The van der Waals surface area contributed by atoms with Crippen molar-refractivity contribution in [2.24, 2.45) is 5.92 Å². The van der Waals surface area contributed by atoms with E-state index in [1.807, 2.05) is 13.8 Å². The fraction of sp³-hybridized carbons (Fsp3) is 0.600. The zero-order valence-electron chi connectivity index (χ0n) is 12.8. The summed E-state index contributed by atoms with van der Waals surface area (Å²) in [4.78, 5) is 0.232. The van der Waals surface area contributed by atoms with Gasteiger partial charge in [0.25, 0.3) is 0 Å². The third-order valence-corrected chi connectivity index (χ3v) is 5.68. The lowest BCUT2D eigenvalue weighted by Crippen LogP contribution is -2.32. The highest BCUT2D eigenvalue weighted by Crippen LogP contribution is 2.24. The molecule has 0 aliphatic carbocycles. The summed E-state index contributed by atoms with van der Waals surface area (Å²) in [5, 5.41) is 0. The van der Waals surface area contributed by atoms with Crippen LogP contribution in [0.4, 0.5) is 5.69 Å². The van der Waals surface area contributed by atoms with Gasteiger partial charge in [-0.3, -0.25) is 0 Å². The Hall–Kier alpha value is -1.11. The highest BCUT2D eigenvalue weighted by Gasteiger charge is 2.28. The molecule has 6 heteroatoms. The van der Waals surface area contributed by atoms with Gasteiger partial charge in [-0.2, -0.15) is 0 Å². The fourth-order valence-electron chi connectivity index (χ4n) is 2.69. The summed E-state index contributed by atoms with van der Waals surface area (Å²) in [6.07, 6.45) is 1.96. The predicted molar refractivity (Wildman–Crippen MR) is 83.7 cm³/mol. The molecule has 0 saturated carbocycles. The summed E-state index contributed by atoms with van der Waals surface area (Å²) in [5.41, 5.74) is 8.17. The largest absolute Gasteiger partial charge is 0.398 e. The van der Waals surface area contributed by atoms with E-state index in [1.54, 1.807) is 6.07 Å². The molecule has 0 amide bonds. The van der Waals surface area contributed by atoms with Gasteiger partial charge in [-0.15, -0.1) is 0 Å². The molecule has 1 aliphatic heterocycles. The molecule has 1 fully saturated rings. The first kappa shape index (κ1) is 16.3. The van der Waals surface area contributed by atoms with Crippen molar-refractivity contribution in [3.05, 3.63) is 23.3 Å². The molecule has 21 heavy (non-hydrogen) atoms. The first-order chi connectivity index (χ1) is 9.85. The number of nitrogens with one attached hydrogen (secondary N) is 1. The average Bonchev–Trinajstić information content (AvgIpc) is 2.89. The Morgan fingerprint density at radius 1 is 1.38 bits per heavy atom. The molecule has 0 bridgehead atoms. The third-order valence-electron chi connectivity index (χ3n) is 4.28. The normalized spacial score (nSPS) is 22.6. The Balaban J connectivity index is 2.12. The van der Waals surface area contributed by atoms with E-state index in [9.17, 15) is 8.42 Å². The van der Waals surface area contributed by atoms with Crippen LogP contribution in [0.1, 0.15) is 30.9 Å². The zero-order chi connectivity index (χ0) is 15.6. The Morgan fingerprint density at radius 3 is 2.71 bits per heavy atom. The van der Waals surface area contributed by atoms with Crippen molar-refractivity contribution in [1.82, 2.24) is 4.72 Å². The topological polar surface area (TPSA) is 81.4 Å². The van der Waals surface area contributed by atoms with Crippen molar-refractivity contribution in [1.29, 1.82) is 0 Å². The van der Waals surface area contributed by atoms with E-state index in [1.165, 1.54) is 6.07 Å².